The van der Waals surface area contributed by atoms with Gasteiger partial charge in [-0.15, -0.1) is 0 Å². The molecule has 3 aromatic rings. The molecule has 0 radical (unpaired) electrons. The second kappa shape index (κ2) is 11.2. The third kappa shape index (κ3) is 5.45. The van der Waals surface area contributed by atoms with Crippen LogP contribution in [0, 0.1) is 23.0 Å². The number of anilines is 1. The van der Waals surface area contributed by atoms with Gasteiger partial charge in [-0.25, -0.2) is 17.2 Å². The smallest absolute Gasteiger partial charge is 0.245 e. The van der Waals surface area contributed by atoms with E-state index in [0.29, 0.717) is 17.7 Å². The summed E-state index contributed by atoms with van der Waals surface area (Å²) in [6.45, 7) is 0.306. The van der Waals surface area contributed by atoms with Gasteiger partial charge in [0.1, 0.15) is 12.1 Å². The van der Waals surface area contributed by atoms with Gasteiger partial charge in [0, 0.05) is 12.2 Å². The number of carbonyl (C=O) groups excluding carboxylic acids is 1. The zero-order chi connectivity index (χ0) is 27.6. The number of sulfonamides is 1. The van der Waals surface area contributed by atoms with Crippen LogP contribution in [0.1, 0.15) is 61.1 Å². The van der Waals surface area contributed by atoms with Crippen molar-refractivity contribution in [3.05, 3.63) is 95.1 Å². The van der Waals surface area contributed by atoms with Crippen LogP contribution in [0.25, 0.3) is 0 Å². The van der Waals surface area contributed by atoms with E-state index in [1.807, 2.05) is 30.3 Å². The highest BCUT2D eigenvalue weighted by molar-refractivity contribution is 7.89. The summed E-state index contributed by atoms with van der Waals surface area (Å²) in [5.41, 5.74) is 2.14. The molecule has 1 aliphatic carbocycles. The van der Waals surface area contributed by atoms with Gasteiger partial charge in [0.05, 0.1) is 17.0 Å². The van der Waals surface area contributed by atoms with E-state index < -0.39 is 44.1 Å². The zero-order valence-corrected chi connectivity index (χ0v) is 22.2. The average Bonchev–Trinajstić information content (AvgIpc) is 2.93. The van der Waals surface area contributed by atoms with Crippen molar-refractivity contribution < 1.29 is 22.0 Å². The van der Waals surface area contributed by atoms with Gasteiger partial charge in [0.25, 0.3) is 0 Å². The van der Waals surface area contributed by atoms with Crippen LogP contribution in [0.4, 0.5) is 14.5 Å². The SMILES string of the molecule is N#Cc1cc(S(=O)(=O)N2CC[C@@H]2C(=O)N(Cc2ccc(C3CCCCC3)cc2)c2ccccc2)cc(F)c1F. The molecular weight excluding hydrogens is 520 g/mol. The molecule has 2 aliphatic rings. The summed E-state index contributed by atoms with van der Waals surface area (Å²) in [6.07, 6.45) is 6.43. The number of rotatable bonds is 7. The third-order valence-electron chi connectivity index (χ3n) is 7.72. The number of para-hydroxylation sites is 1. The highest BCUT2D eigenvalue weighted by Gasteiger charge is 2.45. The summed E-state index contributed by atoms with van der Waals surface area (Å²) in [7, 11) is -4.35. The predicted octanol–water partition coefficient (Wildman–Crippen LogP) is 5.88. The standard InChI is InChI=1S/C30H29F2N3O3S/c31-27-18-26(17-24(19-33)29(27)32)39(37,38)35-16-15-28(35)30(36)34(25-9-5-2-6-10-25)20-21-11-13-23(14-12-21)22-7-3-1-4-8-22/h2,5-6,9-14,17-18,22,28H,1,3-4,7-8,15-16,20H2/t28-/m1/s1. The molecule has 1 heterocycles. The fourth-order valence-electron chi connectivity index (χ4n) is 5.43. The molecule has 39 heavy (non-hydrogen) atoms. The lowest BCUT2D eigenvalue weighted by molar-refractivity contribution is -0.125. The molecule has 1 atom stereocenters. The molecule has 0 unspecified atom stereocenters. The van der Waals surface area contributed by atoms with Gasteiger partial charge in [0.15, 0.2) is 11.6 Å². The normalized spacial score (nSPS) is 18.2. The Hall–Kier alpha value is -3.61. The van der Waals surface area contributed by atoms with Crippen LogP contribution in [0.15, 0.2) is 71.6 Å². The number of nitriles is 1. The number of carbonyl (C=O) groups is 1. The molecule has 1 saturated heterocycles. The minimum atomic E-state index is -4.35. The molecule has 6 nitrogen and oxygen atoms in total. The second-order valence-electron chi connectivity index (χ2n) is 10.1. The number of hydrogen-bond donors (Lipinski definition) is 0. The van der Waals surface area contributed by atoms with Gasteiger partial charge in [-0.1, -0.05) is 61.7 Å². The molecule has 0 spiro atoms. The van der Waals surface area contributed by atoms with E-state index in [-0.39, 0.29) is 19.5 Å². The fourth-order valence-corrected chi connectivity index (χ4v) is 7.09. The quantitative estimate of drug-likeness (QED) is 0.369. The van der Waals surface area contributed by atoms with Crippen molar-refractivity contribution in [1.29, 1.82) is 5.26 Å². The maximum atomic E-state index is 14.1. The lowest BCUT2D eigenvalue weighted by Gasteiger charge is -2.41. The number of benzene rings is 3. The topological polar surface area (TPSA) is 81.5 Å². The van der Waals surface area contributed by atoms with Crippen LogP contribution >= 0.6 is 0 Å². The van der Waals surface area contributed by atoms with Gasteiger partial charge in [0.2, 0.25) is 15.9 Å². The lowest BCUT2D eigenvalue weighted by atomic mass is 9.84. The minimum Gasteiger partial charge on any atom is -0.307 e. The molecule has 1 aliphatic heterocycles. The first-order valence-electron chi connectivity index (χ1n) is 13.2. The summed E-state index contributed by atoms with van der Waals surface area (Å²) >= 11 is 0. The Bertz CT molecular complexity index is 1500. The Kier molecular flexibility index (Phi) is 7.78. The first-order chi connectivity index (χ1) is 18.8. The number of amides is 1. The molecular formula is C30H29F2N3O3S. The van der Waals surface area contributed by atoms with Gasteiger partial charge in [-0.2, -0.15) is 9.57 Å². The highest BCUT2D eigenvalue weighted by atomic mass is 32.2. The van der Waals surface area contributed by atoms with E-state index in [1.54, 1.807) is 17.0 Å². The highest BCUT2D eigenvalue weighted by Crippen LogP contribution is 2.34. The molecule has 202 valence electrons. The monoisotopic (exact) mass is 549 g/mol. The Balaban J connectivity index is 1.40. The molecule has 0 N–H and O–H groups in total. The van der Waals surface area contributed by atoms with E-state index in [9.17, 15) is 22.0 Å². The fraction of sp³-hybridized carbons (Fsp3) is 0.333. The van der Waals surface area contributed by atoms with E-state index in [1.165, 1.54) is 43.7 Å². The summed E-state index contributed by atoms with van der Waals surface area (Å²) in [4.78, 5) is 14.8. The van der Waals surface area contributed by atoms with Crippen molar-refractivity contribution in [3.8, 4) is 6.07 Å². The van der Waals surface area contributed by atoms with Gasteiger partial charge in [-0.3, -0.25) is 4.79 Å². The molecule has 0 bridgehead atoms. The van der Waals surface area contributed by atoms with Crippen LogP contribution in [0.5, 0.6) is 0 Å². The molecule has 2 fully saturated rings. The average molecular weight is 550 g/mol. The minimum absolute atomic E-state index is 0.0539. The molecule has 3 aromatic carbocycles. The largest absolute Gasteiger partial charge is 0.307 e. The third-order valence-corrected chi connectivity index (χ3v) is 9.60. The molecule has 1 saturated carbocycles. The first-order valence-corrected chi connectivity index (χ1v) is 14.6. The number of halogens is 2. The van der Waals surface area contributed by atoms with Crippen LogP contribution < -0.4 is 4.90 Å². The van der Waals surface area contributed by atoms with Gasteiger partial charge in [-0.05, 0) is 60.6 Å². The molecule has 9 heteroatoms. The summed E-state index contributed by atoms with van der Waals surface area (Å²) in [6, 6.07) is 19.1. The number of hydrogen-bond acceptors (Lipinski definition) is 4. The van der Waals surface area contributed by atoms with Crippen molar-refractivity contribution in [2.24, 2.45) is 0 Å². The van der Waals surface area contributed by atoms with E-state index in [4.69, 9.17) is 5.26 Å². The summed E-state index contributed by atoms with van der Waals surface area (Å²) < 4.78 is 55.5. The maximum Gasteiger partial charge on any atom is 0.245 e. The van der Waals surface area contributed by atoms with Crippen molar-refractivity contribution in [3.63, 3.8) is 0 Å². The van der Waals surface area contributed by atoms with Crippen LogP contribution in [0.2, 0.25) is 0 Å². The van der Waals surface area contributed by atoms with Gasteiger partial charge < -0.3 is 4.90 Å². The van der Waals surface area contributed by atoms with Crippen LogP contribution in [-0.4, -0.2) is 31.2 Å². The number of nitrogens with zero attached hydrogens (tertiary/aromatic N) is 3. The van der Waals surface area contributed by atoms with E-state index in [2.05, 4.69) is 12.1 Å². The predicted molar refractivity (Wildman–Crippen MR) is 143 cm³/mol. The lowest BCUT2D eigenvalue weighted by Crippen LogP contribution is -2.58. The molecule has 0 aromatic heterocycles. The molecule has 5 rings (SSSR count). The maximum absolute atomic E-state index is 14.1. The van der Waals surface area contributed by atoms with E-state index >= 15 is 0 Å². The first kappa shape index (κ1) is 27.0. The summed E-state index contributed by atoms with van der Waals surface area (Å²) in [5.74, 6) is -2.68. The Morgan fingerprint density at radius 1 is 0.974 bits per heavy atom. The second-order valence-corrected chi connectivity index (χ2v) is 12.0. The summed E-state index contributed by atoms with van der Waals surface area (Å²) in [5, 5.41) is 9.09. The van der Waals surface area contributed by atoms with Crippen molar-refractivity contribution in [2.45, 2.75) is 61.9 Å². The van der Waals surface area contributed by atoms with E-state index in [0.717, 1.165) is 15.9 Å². The van der Waals surface area contributed by atoms with Crippen molar-refractivity contribution in [2.75, 3.05) is 11.4 Å². The van der Waals surface area contributed by atoms with Crippen molar-refractivity contribution in [1.82, 2.24) is 4.31 Å². The van der Waals surface area contributed by atoms with Gasteiger partial charge >= 0.3 is 0 Å². The molecule has 1 amide bonds. The zero-order valence-electron chi connectivity index (χ0n) is 21.4. The van der Waals surface area contributed by atoms with Crippen LogP contribution in [0.3, 0.4) is 0 Å². The van der Waals surface area contributed by atoms with Crippen molar-refractivity contribution >= 4 is 21.6 Å². The Morgan fingerprint density at radius 2 is 1.67 bits per heavy atom. The Morgan fingerprint density at radius 3 is 2.28 bits per heavy atom. The van der Waals surface area contributed by atoms with Crippen LogP contribution in [-0.2, 0) is 21.4 Å². The Labute approximate surface area is 227 Å².